The van der Waals surface area contributed by atoms with Gasteiger partial charge in [0.15, 0.2) is 0 Å². The van der Waals surface area contributed by atoms with Crippen LogP contribution in [0.2, 0.25) is 0 Å². The normalized spacial score (nSPS) is 10.9. The van der Waals surface area contributed by atoms with Gasteiger partial charge in [-0.1, -0.05) is 30.3 Å². The van der Waals surface area contributed by atoms with Crippen LogP contribution in [0.3, 0.4) is 0 Å². The van der Waals surface area contributed by atoms with Crippen LogP contribution in [0.1, 0.15) is 17.4 Å². The van der Waals surface area contributed by atoms with Gasteiger partial charge in [-0.2, -0.15) is 0 Å². The Balaban J connectivity index is 1.99. The van der Waals surface area contributed by atoms with Crippen LogP contribution >= 0.6 is 11.3 Å². The minimum absolute atomic E-state index is 0.873. The van der Waals surface area contributed by atoms with Gasteiger partial charge in [0.2, 0.25) is 0 Å². The van der Waals surface area contributed by atoms with Crippen molar-refractivity contribution in [2.45, 2.75) is 20.4 Å². The summed E-state index contributed by atoms with van der Waals surface area (Å²) < 4.78 is 0. The van der Waals surface area contributed by atoms with Gasteiger partial charge in [-0.05, 0) is 25.5 Å². The number of rotatable bonds is 4. The molecule has 20 heavy (non-hydrogen) atoms. The van der Waals surface area contributed by atoms with E-state index in [0.29, 0.717) is 0 Å². The predicted molar refractivity (Wildman–Crippen MR) is 85.3 cm³/mol. The number of benzene rings is 1. The van der Waals surface area contributed by atoms with E-state index in [2.05, 4.69) is 59.0 Å². The van der Waals surface area contributed by atoms with Crippen molar-refractivity contribution >= 4 is 27.4 Å². The molecular formula is C16H17N3S. The maximum atomic E-state index is 4.51. The van der Waals surface area contributed by atoms with E-state index in [9.17, 15) is 0 Å². The summed E-state index contributed by atoms with van der Waals surface area (Å²) in [6.45, 7) is 6.08. The summed E-state index contributed by atoms with van der Waals surface area (Å²) in [5.74, 6) is 1.03. The number of hydrogen-bond donors (Lipinski definition) is 0. The van der Waals surface area contributed by atoms with Crippen molar-refractivity contribution in [1.29, 1.82) is 0 Å². The lowest BCUT2D eigenvalue weighted by Gasteiger charge is -2.22. The van der Waals surface area contributed by atoms with Gasteiger partial charge in [0.25, 0.3) is 0 Å². The van der Waals surface area contributed by atoms with E-state index < -0.39 is 0 Å². The predicted octanol–water partition coefficient (Wildman–Crippen LogP) is 4.03. The van der Waals surface area contributed by atoms with Crippen molar-refractivity contribution in [3.8, 4) is 0 Å². The molecule has 102 valence electrons. The minimum atomic E-state index is 0.873. The third-order valence-electron chi connectivity index (χ3n) is 3.33. The standard InChI is InChI=1S/C16H17N3S/c1-3-19(10-13-7-5-4-6-8-13)15-14-9-12(2)20-16(14)18-11-17-15/h4-9,11H,3,10H2,1-2H3. The first kappa shape index (κ1) is 13.1. The molecule has 0 N–H and O–H groups in total. The van der Waals surface area contributed by atoms with Crippen molar-refractivity contribution in [3.05, 3.63) is 53.2 Å². The van der Waals surface area contributed by atoms with E-state index in [-0.39, 0.29) is 0 Å². The first-order valence-electron chi connectivity index (χ1n) is 6.78. The van der Waals surface area contributed by atoms with E-state index in [0.717, 1.165) is 29.1 Å². The average Bonchev–Trinajstić information content (AvgIpc) is 2.86. The lowest BCUT2D eigenvalue weighted by molar-refractivity contribution is 0.817. The van der Waals surface area contributed by atoms with Gasteiger partial charge in [0, 0.05) is 18.0 Å². The van der Waals surface area contributed by atoms with Gasteiger partial charge in [-0.25, -0.2) is 9.97 Å². The van der Waals surface area contributed by atoms with Crippen molar-refractivity contribution in [3.63, 3.8) is 0 Å². The zero-order chi connectivity index (χ0) is 13.9. The summed E-state index contributed by atoms with van der Waals surface area (Å²) in [4.78, 5) is 13.5. The van der Waals surface area contributed by atoms with Crippen LogP contribution in [0.5, 0.6) is 0 Å². The zero-order valence-electron chi connectivity index (χ0n) is 11.7. The molecule has 3 aromatic rings. The van der Waals surface area contributed by atoms with Gasteiger partial charge < -0.3 is 4.90 Å². The van der Waals surface area contributed by atoms with Gasteiger partial charge in [-0.15, -0.1) is 11.3 Å². The zero-order valence-corrected chi connectivity index (χ0v) is 12.5. The molecule has 2 aromatic heterocycles. The lowest BCUT2D eigenvalue weighted by atomic mass is 10.2. The number of aromatic nitrogens is 2. The van der Waals surface area contributed by atoms with Crippen molar-refractivity contribution in [1.82, 2.24) is 9.97 Å². The second-order valence-electron chi connectivity index (χ2n) is 4.77. The molecule has 0 spiro atoms. The molecule has 0 bridgehead atoms. The van der Waals surface area contributed by atoms with Crippen LogP contribution in [-0.4, -0.2) is 16.5 Å². The van der Waals surface area contributed by atoms with Crippen molar-refractivity contribution < 1.29 is 0 Å². The molecule has 0 saturated carbocycles. The maximum Gasteiger partial charge on any atom is 0.141 e. The van der Waals surface area contributed by atoms with Gasteiger partial charge in [-0.3, -0.25) is 0 Å². The summed E-state index contributed by atoms with van der Waals surface area (Å²) >= 11 is 1.72. The number of aryl methyl sites for hydroxylation is 1. The third kappa shape index (κ3) is 2.51. The average molecular weight is 283 g/mol. The Kier molecular flexibility index (Phi) is 3.65. The van der Waals surface area contributed by atoms with Crippen LogP contribution < -0.4 is 4.90 Å². The largest absolute Gasteiger partial charge is 0.352 e. The molecule has 0 radical (unpaired) electrons. The fourth-order valence-electron chi connectivity index (χ4n) is 2.36. The Morgan fingerprint density at radius 2 is 1.95 bits per heavy atom. The maximum absolute atomic E-state index is 4.51. The van der Waals surface area contributed by atoms with Gasteiger partial charge in [0.05, 0.1) is 5.39 Å². The Bertz CT molecular complexity index is 706. The molecule has 0 fully saturated rings. The fourth-order valence-corrected chi connectivity index (χ4v) is 3.20. The smallest absolute Gasteiger partial charge is 0.141 e. The second-order valence-corrected chi connectivity index (χ2v) is 6.01. The molecule has 0 aliphatic rings. The molecule has 1 aromatic carbocycles. The summed E-state index contributed by atoms with van der Waals surface area (Å²) in [6.07, 6.45) is 1.67. The third-order valence-corrected chi connectivity index (χ3v) is 4.29. The Hall–Kier alpha value is -1.94. The molecule has 0 atom stereocenters. The second kappa shape index (κ2) is 5.59. The molecule has 0 saturated heterocycles. The van der Waals surface area contributed by atoms with Crippen molar-refractivity contribution in [2.75, 3.05) is 11.4 Å². The molecule has 0 aliphatic heterocycles. The number of hydrogen-bond acceptors (Lipinski definition) is 4. The molecule has 3 nitrogen and oxygen atoms in total. The highest BCUT2D eigenvalue weighted by atomic mass is 32.1. The van der Waals surface area contributed by atoms with E-state index >= 15 is 0 Å². The first-order chi connectivity index (χ1) is 9.78. The molecule has 0 unspecified atom stereocenters. The molecule has 3 rings (SSSR count). The Morgan fingerprint density at radius 3 is 2.70 bits per heavy atom. The number of nitrogens with zero attached hydrogens (tertiary/aromatic N) is 3. The topological polar surface area (TPSA) is 29.0 Å². The van der Waals surface area contributed by atoms with Gasteiger partial charge in [0.1, 0.15) is 17.0 Å². The number of thiophene rings is 1. The Labute approximate surface area is 122 Å². The summed E-state index contributed by atoms with van der Waals surface area (Å²) in [6, 6.07) is 12.7. The highest BCUT2D eigenvalue weighted by Gasteiger charge is 2.13. The monoisotopic (exact) mass is 283 g/mol. The summed E-state index contributed by atoms with van der Waals surface area (Å²) in [5, 5.41) is 1.16. The van der Waals surface area contributed by atoms with Crippen LogP contribution in [0.15, 0.2) is 42.7 Å². The van der Waals surface area contributed by atoms with Crippen LogP contribution in [0.25, 0.3) is 10.2 Å². The highest BCUT2D eigenvalue weighted by Crippen LogP contribution is 2.30. The van der Waals surface area contributed by atoms with E-state index in [1.165, 1.54) is 10.4 Å². The Morgan fingerprint density at radius 1 is 1.15 bits per heavy atom. The minimum Gasteiger partial charge on any atom is -0.352 e. The van der Waals surface area contributed by atoms with Crippen LogP contribution in [-0.2, 0) is 6.54 Å². The molecule has 0 aliphatic carbocycles. The summed E-state index contributed by atoms with van der Waals surface area (Å²) in [7, 11) is 0. The highest BCUT2D eigenvalue weighted by molar-refractivity contribution is 7.18. The summed E-state index contributed by atoms with van der Waals surface area (Å²) in [5.41, 5.74) is 1.30. The first-order valence-corrected chi connectivity index (χ1v) is 7.59. The molecular weight excluding hydrogens is 266 g/mol. The van der Waals surface area contributed by atoms with E-state index in [1.54, 1.807) is 17.7 Å². The number of anilines is 1. The SMILES string of the molecule is CCN(Cc1ccccc1)c1ncnc2sc(C)cc12. The quantitative estimate of drug-likeness (QED) is 0.724. The van der Waals surface area contributed by atoms with Crippen molar-refractivity contribution in [2.24, 2.45) is 0 Å². The van der Waals surface area contributed by atoms with Gasteiger partial charge >= 0.3 is 0 Å². The lowest BCUT2D eigenvalue weighted by Crippen LogP contribution is -2.23. The van der Waals surface area contributed by atoms with E-state index in [1.807, 2.05) is 6.07 Å². The number of fused-ring (bicyclic) bond motifs is 1. The molecule has 4 heteroatoms. The van der Waals surface area contributed by atoms with Crippen LogP contribution in [0, 0.1) is 6.92 Å². The fraction of sp³-hybridized carbons (Fsp3) is 0.250. The van der Waals surface area contributed by atoms with E-state index in [4.69, 9.17) is 0 Å². The molecule has 0 amide bonds. The van der Waals surface area contributed by atoms with Crippen LogP contribution in [0.4, 0.5) is 5.82 Å². The molecule has 2 heterocycles.